The number of halogens is 1. The summed E-state index contributed by atoms with van der Waals surface area (Å²) in [5.74, 6) is 0. The molecule has 0 unspecified atom stereocenters. The van der Waals surface area contributed by atoms with E-state index in [1.54, 1.807) is 18.2 Å². The van der Waals surface area contributed by atoms with Crippen LogP contribution in [0.4, 0.5) is 5.69 Å². The van der Waals surface area contributed by atoms with E-state index in [0.717, 1.165) is 0 Å². The molecule has 0 bridgehead atoms. The zero-order chi connectivity index (χ0) is 7.56. The van der Waals surface area contributed by atoms with Gasteiger partial charge in [-0.05, 0) is 22.0 Å². The molecule has 4 heteroatoms. The third-order valence-electron chi connectivity index (χ3n) is 1.05. The maximum Gasteiger partial charge on any atom is 0.283 e. The van der Waals surface area contributed by atoms with Gasteiger partial charge in [0.1, 0.15) is 0 Å². The predicted octanol–water partition coefficient (Wildman–Crippen LogP) is 2.36. The fourth-order valence-electron chi connectivity index (χ4n) is 0.600. The van der Waals surface area contributed by atoms with E-state index in [2.05, 4.69) is 15.9 Å². The number of hydrogen-bond acceptors (Lipinski definition) is 2. The summed E-state index contributed by atoms with van der Waals surface area (Å²) < 4.78 is 0.514. The number of para-hydroxylation sites is 1. The topological polar surface area (TPSA) is 43.1 Å². The van der Waals surface area contributed by atoms with Gasteiger partial charge in [0.2, 0.25) is 0 Å². The summed E-state index contributed by atoms with van der Waals surface area (Å²) in [6, 6.07) is 6.45. The van der Waals surface area contributed by atoms with E-state index >= 15 is 0 Å². The molecule has 0 spiro atoms. The molecule has 10 heavy (non-hydrogen) atoms. The fraction of sp³-hybridized carbons (Fsp3) is 0. The van der Waals surface area contributed by atoms with Crippen LogP contribution in [0.5, 0.6) is 0 Å². The highest BCUT2D eigenvalue weighted by atomic mass is 79.9. The van der Waals surface area contributed by atoms with Crippen molar-refractivity contribution in [3.8, 4) is 0 Å². The zero-order valence-electron chi connectivity index (χ0n) is 4.95. The molecule has 1 aromatic rings. The SMILES string of the molecule is O=[N+]([O-])[14c]1[14cH][14cH][14cH][14cH][14c]1Br. The number of nitrogens with zero attached hydrogens (tertiary/aromatic N) is 1. The molecule has 0 heterocycles. The van der Waals surface area contributed by atoms with E-state index in [9.17, 15) is 10.1 Å². The summed E-state index contributed by atoms with van der Waals surface area (Å²) in [6.07, 6.45) is 0. The Balaban J connectivity index is 3.15. The molecule has 0 aliphatic rings. The number of hydrogen-bond donors (Lipinski definition) is 0. The molecular formula is C6H4BrNO2. The standard InChI is InChI=1S/C6H4BrNO2/c7-5-3-1-2-4-6(5)8(9)10/h1-4H/i1+2,2+2,3+2,4+2,5+2,6+2. The summed E-state index contributed by atoms with van der Waals surface area (Å²) >= 11 is 3.06. The lowest BCUT2D eigenvalue weighted by atomic mass is 12.2. The van der Waals surface area contributed by atoms with Crippen molar-refractivity contribution in [3.63, 3.8) is 0 Å². The second kappa shape index (κ2) is 2.79. The van der Waals surface area contributed by atoms with E-state index < -0.39 is 4.92 Å². The van der Waals surface area contributed by atoms with Crippen molar-refractivity contribution in [1.82, 2.24) is 0 Å². The molecule has 1 aromatic carbocycles. The van der Waals surface area contributed by atoms with Crippen LogP contribution in [0.25, 0.3) is 0 Å². The maximum absolute atomic E-state index is 10.2. The molecule has 3 nitrogen and oxygen atoms in total. The lowest BCUT2D eigenvalue weighted by Gasteiger charge is -1.91. The first-order chi connectivity index (χ1) is 4.72. The Morgan fingerprint density at radius 3 is 2.40 bits per heavy atom. The minimum atomic E-state index is -0.427. The van der Waals surface area contributed by atoms with Crippen molar-refractivity contribution >= 4 is 21.6 Å². The Kier molecular flexibility index (Phi) is 2.01. The summed E-state index contributed by atoms with van der Waals surface area (Å²) in [4.78, 5) is 9.77. The molecule has 0 radical (unpaired) electrons. The highest BCUT2D eigenvalue weighted by molar-refractivity contribution is 9.10. The van der Waals surface area contributed by atoms with Gasteiger partial charge in [-0.3, -0.25) is 10.1 Å². The second-order valence-corrected chi connectivity index (χ2v) is 2.56. The number of benzene rings is 1. The van der Waals surface area contributed by atoms with Gasteiger partial charge in [-0.2, -0.15) is 0 Å². The van der Waals surface area contributed by atoms with Crippen LogP contribution in [-0.4, -0.2) is 4.92 Å². The van der Waals surface area contributed by atoms with Crippen molar-refractivity contribution in [1.29, 1.82) is 0 Å². The molecule has 0 fully saturated rings. The van der Waals surface area contributed by atoms with Crippen molar-refractivity contribution < 1.29 is 4.92 Å². The van der Waals surface area contributed by atoms with Crippen LogP contribution in [0.15, 0.2) is 28.7 Å². The molecule has 52 valence electrons. The van der Waals surface area contributed by atoms with Crippen LogP contribution in [0.2, 0.25) is 0 Å². The fourth-order valence-corrected chi connectivity index (χ4v) is 1.03. The van der Waals surface area contributed by atoms with Gasteiger partial charge in [-0.25, -0.2) is 0 Å². The first kappa shape index (κ1) is 7.21. The van der Waals surface area contributed by atoms with Crippen LogP contribution in [0.1, 0.15) is 0 Å². The Hall–Kier alpha value is -0.900. The third kappa shape index (κ3) is 1.33. The van der Waals surface area contributed by atoms with E-state index in [1.165, 1.54) is 6.07 Å². The van der Waals surface area contributed by atoms with Crippen LogP contribution in [0.3, 0.4) is 0 Å². The second-order valence-electron chi connectivity index (χ2n) is 1.71. The van der Waals surface area contributed by atoms with Crippen LogP contribution in [-0.2, 0) is 0 Å². The lowest BCUT2D eigenvalue weighted by molar-refractivity contribution is -0.385. The number of nitro benzene ring substituents is 1. The van der Waals surface area contributed by atoms with Crippen molar-refractivity contribution in [2.24, 2.45) is 0 Å². The van der Waals surface area contributed by atoms with Crippen molar-refractivity contribution in [3.05, 3.63) is 38.9 Å². The zero-order valence-corrected chi connectivity index (χ0v) is 6.54. The molecule has 0 saturated carbocycles. The largest absolute Gasteiger partial charge is 0.283 e. The molecule has 1 rings (SSSR count). The summed E-state index contributed by atoms with van der Waals surface area (Å²) in [5, 5.41) is 10.2. The van der Waals surface area contributed by atoms with E-state index in [-0.39, 0.29) is 5.69 Å². The predicted molar refractivity (Wildman–Crippen MR) is 40.8 cm³/mol. The number of rotatable bonds is 1. The van der Waals surface area contributed by atoms with Crippen LogP contribution < -0.4 is 0 Å². The van der Waals surface area contributed by atoms with Crippen molar-refractivity contribution in [2.75, 3.05) is 0 Å². The normalized spacial score (nSPS) is 9.30. The number of nitro groups is 1. The molecule has 0 aromatic heterocycles. The first-order valence-corrected chi connectivity index (χ1v) is 3.40. The Labute approximate surface area is 66.0 Å². The molecule has 0 saturated heterocycles. The minimum Gasteiger partial charge on any atom is -0.258 e. The van der Waals surface area contributed by atoms with Gasteiger partial charge in [-0.15, -0.1) is 0 Å². The Morgan fingerprint density at radius 2 is 2.00 bits per heavy atom. The van der Waals surface area contributed by atoms with Gasteiger partial charge >= 0.3 is 0 Å². The summed E-state index contributed by atoms with van der Waals surface area (Å²) in [5.41, 5.74) is 0.0995. The smallest absolute Gasteiger partial charge is 0.258 e. The lowest BCUT2D eigenvalue weighted by Crippen LogP contribution is -1.87. The molecule has 0 atom stereocenters. The van der Waals surface area contributed by atoms with E-state index in [4.69, 9.17) is 0 Å². The quantitative estimate of drug-likeness (QED) is 0.531. The van der Waals surface area contributed by atoms with Gasteiger partial charge in [0.25, 0.3) is 5.69 Å². The summed E-state index contributed by atoms with van der Waals surface area (Å²) in [6.45, 7) is 0. The molecule has 0 aliphatic heterocycles. The van der Waals surface area contributed by atoms with Gasteiger partial charge in [0, 0.05) is 6.07 Å². The molecule has 0 N–H and O–H groups in total. The summed E-state index contributed by atoms with van der Waals surface area (Å²) in [7, 11) is 0. The highest BCUT2D eigenvalue weighted by Crippen LogP contribution is 2.22. The maximum atomic E-state index is 10.2. The van der Waals surface area contributed by atoms with Crippen LogP contribution >= 0.6 is 15.9 Å². The monoisotopic (exact) mass is 213 g/mol. The average Bonchev–Trinajstić information content (AvgIpc) is 1.88. The molecule has 0 amide bonds. The molecular weight excluding hydrogens is 210 g/mol. The van der Waals surface area contributed by atoms with Crippen LogP contribution in [0, 0.1) is 10.1 Å². The minimum absolute atomic E-state index is 0.0995. The van der Waals surface area contributed by atoms with E-state index in [0.29, 0.717) is 4.47 Å². The highest BCUT2D eigenvalue weighted by Gasteiger charge is 2.07. The van der Waals surface area contributed by atoms with Gasteiger partial charge in [0.15, 0.2) is 0 Å². The first-order valence-electron chi connectivity index (χ1n) is 2.61. The van der Waals surface area contributed by atoms with Gasteiger partial charge in [-0.1, -0.05) is 12.1 Å². The van der Waals surface area contributed by atoms with E-state index in [1.807, 2.05) is 0 Å². The Bertz CT molecular complexity index is 262. The Morgan fingerprint density at radius 1 is 1.40 bits per heavy atom. The molecule has 0 aliphatic carbocycles. The van der Waals surface area contributed by atoms with Gasteiger partial charge in [0.05, 0.1) is 9.40 Å². The van der Waals surface area contributed by atoms with Gasteiger partial charge < -0.3 is 0 Å². The average molecular weight is 214 g/mol. The van der Waals surface area contributed by atoms with Crippen molar-refractivity contribution in [2.45, 2.75) is 0 Å². The third-order valence-corrected chi connectivity index (χ3v) is 1.72.